The Morgan fingerprint density at radius 2 is 2.00 bits per heavy atom. The summed E-state index contributed by atoms with van der Waals surface area (Å²) in [6.45, 7) is 10.7. The normalized spacial score (nSPS) is 11.6. The Morgan fingerprint density at radius 3 is 2.57 bits per heavy atom. The second-order valence-electron chi connectivity index (χ2n) is 6.37. The summed E-state index contributed by atoms with van der Waals surface area (Å²) in [5.41, 5.74) is 0.781. The van der Waals surface area contributed by atoms with Crippen LogP contribution in [0, 0.1) is 0 Å². The van der Waals surface area contributed by atoms with E-state index in [1.165, 1.54) is 0 Å². The molecule has 2 N–H and O–H groups in total. The minimum atomic E-state index is -0.248. The summed E-state index contributed by atoms with van der Waals surface area (Å²) in [6.07, 6.45) is 0. The van der Waals surface area contributed by atoms with E-state index in [4.69, 9.17) is 4.74 Å². The van der Waals surface area contributed by atoms with Gasteiger partial charge in [-0.2, -0.15) is 0 Å². The number of hydrogen-bond donors (Lipinski definition) is 2. The Morgan fingerprint density at radius 1 is 1.33 bits per heavy atom. The highest BCUT2D eigenvalue weighted by Gasteiger charge is 2.14. The number of nitrogens with one attached hydrogen (secondary N) is 2. The van der Waals surface area contributed by atoms with Gasteiger partial charge in [0.2, 0.25) is 0 Å². The van der Waals surface area contributed by atoms with Crippen LogP contribution in [0.5, 0.6) is 5.75 Å². The van der Waals surface area contributed by atoms with E-state index in [9.17, 15) is 4.79 Å². The lowest BCUT2D eigenvalue weighted by Gasteiger charge is -2.21. The molecule has 0 atom stereocenters. The van der Waals surface area contributed by atoms with E-state index in [1.807, 2.05) is 39.0 Å². The highest BCUT2D eigenvalue weighted by Crippen LogP contribution is 2.23. The van der Waals surface area contributed by atoms with E-state index in [0.717, 1.165) is 15.8 Å². The minimum absolute atomic E-state index is 0.0214. The van der Waals surface area contributed by atoms with Crippen molar-refractivity contribution < 1.29 is 9.53 Å². The first-order valence-corrected chi connectivity index (χ1v) is 7.92. The van der Waals surface area contributed by atoms with Crippen molar-refractivity contribution in [3.8, 4) is 5.75 Å². The largest absolute Gasteiger partial charge is 0.483 e. The van der Waals surface area contributed by atoms with Crippen LogP contribution in [0.2, 0.25) is 0 Å². The fourth-order valence-corrected chi connectivity index (χ4v) is 2.15. The van der Waals surface area contributed by atoms with Gasteiger partial charge in [0.1, 0.15) is 5.75 Å². The van der Waals surface area contributed by atoms with E-state index in [0.29, 0.717) is 12.6 Å². The van der Waals surface area contributed by atoms with E-state index in [-0.39, 0.29) is 18.1 Å². The van der Waals surface area contributed by atoms with Crippen LogP contribution in [0.1, 0.15) is 40.2 Å². The Bertz CT molecular complexity index is 482. The summed E-state index contributed by atoms with van der Waals surface area (Å²) in [6, 6.07) is 6.19. The van der Waals surface area contributed by atoms with E-state index in [2.05, 4.69) is 40.4 Å². The third kappa shape index (κ3) is 7.48. The number of carbonyl (C=O) groups is 1. The Balaban J connectivity index is 2.67. The molecule has 0 saturated carbocycles. The molecule has 1 amide bonds. The van der Waals surface area contributed by atoms with Gasteiger partial charge in [0.05, 0.1) is 0 Å². The molecule has 0 unspecified atom stereocenters. The molecule has 0 fully saturated rings. The maximum atomic E-state index is 11.8. The molecule has 0 radical (unpaired) electrons. The van der Waals surface area contributed by atoms with Crippen LogP contribution in [-0.4, -0.2) is 24.1 Å². The molecule has 0 aliphatic heterocycles. The second-order valence-corrected chi connectivity index (χ2v) is 7.29. The van der Waals surface area contributed by atoms with Crippen LogP contribution >= 0.6 is 15.9 Å². The SMILES string of the molecule is CC(C)NCc1cc(Br)ccc1OCC(=O)NC(C)(C)C. The van der Waals surface area contributed by atoms with Gasteiger partial charge in [-0.3, -0.25) is 4.79 Å². The van der Waals surface area contributed by atoms with Crippen LogP contribution in [0.4, 0.5) is 0 Å². The van der Waals surface area contributed by atoms with Crippen molar-refractivity contribution >= 4 is 21.8 Å². The van der Waals surface area contributed by atoms with Crippen LogP contribution in [0.3, 0.4) is 0 Å². The fraction of sp³-hybridized carbons (Fsp3) is 0.562. The lowest BCUT2D eigenvalue weighted by molar-refractivity contribution is -0.124. The maximum Gasteiger partial charge on any atom is 0.258 e. The van der Waals surface area contributed by atoms with Crippen molar-refractivity contribution in [3.63, 3.8) is 0 Å². The smallest absolute Gasteiger partial charge is 0.258 e. The van der Waals surface area contributed by atoms with Gasteiger partial charge in [-0.25, -0.2) is 0 Å². The number of ether oxygens (including phenoxy) is 1. The monoisotopic (exact) mass is 356 g/mol. The van der Waals surface area contributed by atoms with Crippen LogP contribution in [-0.2, 0) is 11.3 Å². The summed E-state index contributed by atoms with van der Waals surface area (Å²) < 4.78 is 6.65. The maximum absolute atomic E-state index is 11.8. The van der Waals surface area contributed by atoms with Gasteiger partial charge >= 0.3 is 0 Å². The molecule has 118 valence electrons. The lowest BCUT2D eigenvalue weighted by atomic mass is 10.1. The number of halogens is 1. The van der Waals surface area contributed by atoms with E-state index < -0.39 is 0 Å². The van der Waals surface area contributed by atoms with Gasteiger partial charge in [0.15, 0.2) is 6.61 Å². The number of carbonyl (C=O) groups excluding carboxylic acids is 1. The zero-order valence-electron chi connectivity index (χ0n) is 13.4. The van der Waals surface area contributed by atoms with Crippen molar-refractivity contribution in [1.82, 2.24) is 10.6 Å². The van der Waals surface area contributed by atoms with Gasteiger partial charge in [0.25, 0.3) is 5.91 Å². The zero-order valence-corrected chi connectivity index (χ0v) is 15.0. The summed E-state index contributed by atoms with van der Waals surface area (Å²) in [5.74, 6) is 0.614. The summed E-state index contributed by atoms with van der Waals surface area (Å²) in [7, 11) is 0. The van der Waals surface area contributed by atoms with Gasteiger partial charge in [-0.15, -0.1) is 0 Å². The second kappa shape index (κ2) is 7.80. The van der Waals surface area contributed by atoms with E-state index >= 15 is 0 Å². The molecular weight excluding hydrogens is 332 g/mol. The molecule has 1 aromatic carbocycles. The molecule has 0 spiro atoms. The van der Waals surface area contributed by atoms with Gasteiger partial charge < -0.3 is 15.4 Å². The molecular formula is C16H25BrN2O2. The Hall–Kier alpha value is -1.07. The Kier molecular flexibility index (Phi) is 6.68. The summed E-state index contributed by atoms with van der Waals surface area (Å²) in [5, 5.41) is 6.24. The predicted octanol–water partition coefficient (Wildman–Crippen LogP) is 3.24. The molecule has 21 heavy (non-hydrogen) atoms. The molecule has 4 nitrogen and oxygen atoms in total. The topological polar surface area (TPSA) is 50.4 Å². The van der Waals surface area contributed by atoms with Gasteiger partial charge in [-0.05, 0) is 39.0 Å². The lowest BCUT2D eigenvalue weighted by Crippen LogP contribution is -2.43. The molecule has 0 heterocycles. The first-order chi connectivity index (χ1) is 9.67. The van der Waals surface area contributed by atoms with Crippen molar-refractivity contribution in [2.45, 2.75) is 52.7 Å². The zero-order chi connectivity index (χ0) is 16.0. The average Bonchev–Trinajstić information content (AvgIpc) is 2.33. The Labute approximate surface area is 135 Å². The molecule has 0 saturated heterocycles. The third-order valence-electron chi connectivity index (χ3n) is 2.60. The fourth-order valence-electron chi connectivity index (χ4n) is 1.74. The first-order valence-electron chi connectivity index (χ1n) is 7.13. The number of rotatable bonds is 6. The van der Waals surface area contributed by atoms with Crippen molar-refractivity contribution in [2.24, 2.45) is 0 Å². The molecule has 0 aliphatic carbocycles. The minimum Gasteiger partial charge on any atom is -0.483 e. The van der Waals surface area contributed by atoms with Crippen molar-refractivity contribution in [2.75, 3.05) is 6.61 Å². The standard InChI is InChI=1S/C16H25BrN2O2/c1-11(2)18-9-12-8-13(17)6-7-14(12)21-10-15(20)19-16(3,4)5/h6-8,11,18H,9-10H2,1-5H3,(H,19,20). The third-order valence-corrected chi connectivity index (χ3v) is 3.09. The first kappa shape index (κ1) is 18.0. The molecule has 0 aromatic heterocycles. The average molecular weight is 357 g/mol. The summed E-state index contributed by atoms with van der Waals surface area (Å²) >= 11 is 3.46. The van der Waals surface area contributed by atoms with Crippen LogP contribution < -0.4 is 15.4 Å². The molecule has 0 bridgehead atoms. The quantitative estimate of drug-likeness (QED) is 0.822. The highest BCUT2D eigenvalue weighted by atomic mass is 79.9. The number of amides is 1. The van der Waals surface area contributed by atoms with E-state index in [1.54, 1.807) is 0 Å². The number of benzene rings is 1. The highest BCUT2D eigenvalue weighted by molar-refractivity contribution is 9.10. The molecule has 1 aromatic rings. The molecule has 1 rings (SSSR count). The number of hydrogen-bond acceptors (Lipinski definition) is 3. The summed E-state index contributed by atoms with van der Waals surface area (Å²) in [4.78, 5) is 11.8. The van der Waals surface area contributed by atoms with Crippen LogP contribution in [0.15, 0.2) is 22.7 Å². The van der Waals surface area contributed by atoms with Gasteiger partial charge in [-0.1, -0.05) is 29.8 Å². The predicted molar refractivity (Wildman–Crippen MR) is 89.5 cm³/mol. The molecule has 0 aliphatic rings. The van der Waals surface area contributed by atoms with Crippen molar-refractivity contribution in [1.29, 1.82) is 0 Å². The molecule has 5 heteroatoms. The van der Waals surface area contributed by atoms with Crippen molar-refractivity contribution in [3.05, 3.63) is 28.2 Å². The van der Waals surface area contributed by atoms with Gasteiger partial charge in [0, 0.05) is 28.2 Å². The van der Waals surface area contributed by atoms with Crippen LogP contribution in [0.25, 0.3) is 0 Å².